The van der Waals surface area contributed by atoms with Gasteiger partial charge in [0.15, 0.2) is 0 Å². The van der Waals surface area contributed by atoms with Crippen LogP contribution in [0.4, 0.5) is 5.69 Å². The van der Waals surface area contributed by atoms with Crippen LogP contribution >= 0.6 is 0 Å². The van der Waals surface area contributed by atoms with Crippen LogP contribution in [-0.2, 0) is 18.9 Å². The number of hydrogen-bond acceptors (Lipinski definition) is 3. The first kappa shape index (κ1) is 14.8. The second-order valence-electron chi connectivity index (χ2n) is 4.26. The fourth-order valence-electron chi connectivity index (χ4n) is 1.62. The highest BCUT2D eigenvalue weighted by Crippen LogP contribution is 2.02. The van der Waals surface area contributed by atoms with E-state index in [1.54, 1.807) is 0 Å². The average Bonchev–Trinajstić information content (AvgIpc) is 2.38. The van der Waals surface area contributed by atoms with E-state index in [0.29, 0.717) is 19.3 Å². The number of nitrogens with one attached hydrogen (secondary N) is 1. The molecule has 1 heterocycles. The molecule has 0 unspecified atom stereocenters. The molecule has 1 aromatic rings. The third kappa shape index (κ3) is 3.85. The minimum atomic E-state index is -0.514. The third-order valence-corrected chi connectivity index (χ3v) is 2.70. The average molecular weight is 263 g/mol. The van der Waals surface area contributed by atoms with E-state index >= 15 is 0 Å². The van der Waals surface area contributed by atoms with Crippen molar-refractivity contribution in [2.75, 3.05) is 5.32 Å². The Labute approximate surface area is 111 Å². The molecule has 6 heteroatoms. The van der Waals surface area contributed by atoms with Crippen molar-refractivity contribution in [1.29, 1.82) is 0 Å². The molecule has 0 aliphatic rings. The highest BCUT2D eigenvalue weighted by molar-refractivity contribution is 5.90. The normalized spacial score (nSPS) is 9.95. The van der Waals surface area contributed by atoms with Crippen LogP contribution in [0.3, 0.4) is 0 Å². The van der Waals surface area contributed by atoms with Crippen LogP contribution in [0.2, 0.25) is 0 Å². The molecule has 1 amide bonds. The second-order valence-corrected chi connectivity index (χ2v) is 4.26. The Morgan fingerprint density at radius 3 is 2.68 bits per heavy atom. The summed E-state index contributed by atoms with van der Waals surface area (Å²) in [5.74, 6) is 2.24. The molecule has 0 bridgehead atoms. The van der Waals surface area contributed by atoms with Crippen molar-refractivity contribution in [3.8, 4) is 12.3 Å². The number of nitrogens with zero attached hydrogens (tertiary/aromatic N) is 2. The molecule has 0 saturated carbocycles. The van der Waals surface area contributed by atoms with Crippen LogP contribution in [0, 0.1) is 12.3 Å². The highest BCUT2D eigenvalue weighted by atomic mass is 16.2. The second kappa shape index (κ2) is 6.59. The Morgan fingerprint density at radius 2 is 2.05 bits per heavy atom. The number of unbranched alkanes of at least 4 members (excludes halogenated alkanes) is 2. The van der Waals surface area contributed by atoms with Gasteiger partial charge in [-0.05, 0) is 12.8 Å². The van der Waals surface area contributed by atoms with E-state index in [-0.39, 0.29) is 11.6 Å². The Kier molecular flexibility index (Phi) is 5.12. The standard InChI is InChI=1S/C13H17N3O3/c1-4-5-6-7-8-11(17)14-10-9-15(2)13(19)16(3)12(10)18/h1,9H,5-8H2,2-3H3,(H,14,17). The van der Waals surface area contributed by atoms with Crippen molar-refractivity contribution < 1.29 is 4.79 Å². The summed E-state index contributed by atoms with van der Waals surface area (Å²) in [5, 5.41) is 2.51. The minimum Gasteiger partial charge on any atom is -0.320 e. The number of carbonyl (C=O) groups excluding carboxylic acids is 1. The van der Waals surface area contributed by atoms with E-state index in [0.717, 1.165) is 11.0 Å². The zero-order valence-corrected chi connectivity index (χ0v) is 11.1. The van der Waals surface area contributed by atoms with Gasteiger partial charge < -0.3 is 9.88 Å². The summed E-state index contributed by atoms with van der Waals surface area (Å²) in [7, 11) is 2.89. The summed E-state index contributed by atoms with van der Waals surface area (Å²) in [6.45, 7) is 0. The van der Waals surface area contributed by atoms with Gasteiger partial charge in [0.25, 0.3) is 5.56 Å². The molecule has 0 aliphatic carbocycles. The number of anilines is 1. The van der Waals surface area contributed by atoms with Crippen LogP contribution in [-0.4, -0.2) is 15.0 Å². The van der Waals surface area contributed by atoms with E-state index in [2.05, 4.69) is 11.2 Å². The number of carbonyl (C=O) groups is 1. The van der Waals surface area contributed by atoms with E-state index in [4.69, 9.17) is 6.42 Å². The van der Waals surface area contributed by atoms with E-state index in [1.807, 2.05) is 0 Å². The lowest BCUT2D eigenvalue weighted by Gasteiger charge is -2.08. The molecule has 0 aliphatic heterocycles. The van der Waals surface area contributed by atoms with Crippen LogP contribution in [0.5, 0.6) is 0 Å². The molecule has 0 fully saturated rings. The van der Waals surface area contributed by atoms with Crippen molar-refractivity contribution in [3.05, 3.63) is 27.0 Å². The lowest BCUT2D eigenvalue weighted by atomic mass is 10.2. The number of hydrogen-bond donors (Lipinski definition) is 1. The van der Waals surface area contributed by atoms with Gasteiger partial charge >= 0.3 is 5.69 Å². The smallest absolute Gasteiger partial charge is 0.320 e. The largest absolute Gasteiger partial charge is 0.330 e. The number of aryl methyl sites for hydroxylation is 1. The van der Waals surface area contributed by atoms with E-state index < -0.39 is 11.2 Å². The van der Waals surface area contributed by atoms with Crippen molar-refractivity contribution in [3.63, 3.8) is 0 Å². The molecule has 0 atom stereocenters. The van der Waals surface area contributed by atoms with Gasteiger partial charge in [-0.2, -0.15) is 0 Å². The van der Waals surface area contributed by atoms with Crippen LogP contribution < -0.4 is 16.6 Å². The third-order valence-electron chi connectivity index (χ3n) is 2.70. The van der Waals surface area contributed by atoms with Crippen LogP contribution in [0.25, 0.3) is 0 Å². The van der Waals surface area contributed by atoms with Crippen molar-refractivity contribution in [2.24, 2.45) is 14.1 Å². The molecule has 1 aromatic heterocycles. The Balaban J connectivity index is 2.73. The zero-order valence-electron chi connectivity index (χ0n) is 11.1. The summed E-state index contributed by atoms with van der Waals surface area (Å²) in [6, 6.07) is 0. The molecule has 0 spiro atoms. The number of terminal acetylenes is 1. The Hall–Kier alpha value is -2.29. The number of aromatic nitrogens is 2. The molecule has 19 heavy (non-hydrogen) atoms. The molecular weight excluding hydrogens is 246 g/mol. The fourth-order valence-corrected chi connectivity index (χ4v) is 1.62. The minimum absolute atomic E-state index is 0.103. The van der Waals surface area contributed by atoms with Gasteiger partial charge in [-0.1, -0.05) is 0 Å². The molecule has 0 saturated heterocycles. The summed E-state index contributed by atoms with van der Waals surface area (Å²) in [4.78, 5) is 34.9. The molecule has 102 valence electrons. The molecule has 1 rings (SSSR count). The van der Waals surface area contributed by atoms with Crippen molar-refractivity contribution in [2.45, 2.75) is 25.7 Å². The van der Waals surface area contributed by atoms with Gasteiger partial charge in [0, 0.05) is 33.1 Å². The van der Waals surface area contributed by atoms with Crippen LogP contribution in [0.15, 0.2) is 15.8 Å². The first-order valence-electron chi connectivity index (χ1n) is 5.97. The lowest BCUT2D eigenvalue weighted by Crippen LogP contribution is -2.38. The molecular formula is C13H17N3O3. The number of rotatable bonds is 5. The van der Waals surface area contributed by atoms with Gasteiger partial charge in [0.1, 0.15) is 5.69 Å². The lowest BCUT2D eigenvalue weighted by molar-refractivity contribution is -0.116. The fraction of sp³-hybridized carbons (Fsp3) is 0.462. The molecule has 0 radical (unpaired) electrons. The maximum absolute atomic E-state index is 11.8. The van der Waals surface area contributed by atoms with Crippen molar-refractivity contribution >= 4 is 11.6 Å². The van der Waals surface area contributed by atoms with E-state index in [1.165, 1.54) is 24.9 Å². The number of amides is 1. The van der Waals surface area contributed by atoms with E-state index in [9.17, 15) is 14.4 Å². The molecule has 0 aromatic carbocycles. The first-order chi connectivity index (χ1) is 8.97. The molecule has 6 nitrogen and oxygen atoms in total. The Bertz CT molecular complexity index is 619. The monoisotopic (exact) mass is 263 g/mol. The van der Waals surface area contributed by atoms with Gasteiger partial charge in [0.05, 0.1) is 0 Å². The first-order valence-corrected chi connectivity index (χ1v) is 5.97. The highest BCUT2D eigenvalue weighted by Gasteiger charge is 2.09. The Morgan fingerprint density at radius 1 is 1.37 bits per heavy atom. The summed E-state index contributed by atoms with van der Waals surface area (Å²) in [6.07, 6.45) is 8.81. The summed E-state index contributed by atoms with van der Waals surface area (Å²) in [5.41, 5.74) is -0.844. The predicted molar refractivity (Wildman–Crippen MR) is 72.9 cm³/mol. The van der Waals surface area contributed by atoms with Gasteiger partial charge in [0.2, 0.25) is 5.91 Å². The van der Waals surface area contributed by atoms with Gasteiger partial charge in [-0.3, -0.25) is 14.2 Å². The summed E-state index contributed by atoms with van der Waals surface area (Å²) >= 11 is 0. The van der Waals surface area contributed by atoms with Gasteiger partial charge in [-0.25, -0.2) is 4.79 Å². The van der Waals surface area contributed by atoms with Crippen molar-refractivity contribution in [1.82, 2.24) is 9.13 Å². The molecule has 1 N–H and O–H groups in total. The zero-order chi connectivity index (χ0) is 14.4. The maximum atomic E-state index is 11.8. The predicted octanol–water partition coefficient (Wildman–Crippen LogP) is 0.216. The topological polar surface area (TPSA) is 73.1 Å². The summed E-state index contributed by atoms with van der Waals surface area (Å²) < 4.78 is 2.20. The van der Waals surface area contributed by atoms with Gasteiger partial charge in [-0.15, -0.1) is 12.3 Å². The quantitative estimate of drug-likeness (QED) is 0.610. The maximum Gasteiger partial charge on any atom is 0.330 e. The van der Waals surface area contributed by atoms with Crippen LogP contribution in [0.1, 0.15) is 25.7 Å². The SMILES string of the molecule is C#CCCCCC(=O)Nc1cn(C)c(=O)n(C)c1=O.